The Kier molecular flexibility index (Phi) is 6.22. The van der Waals surface area contributed by atoms with Crippen LogP contribution >= 0.6 is 0 Å². The zero-order valence-corrected chi connectivity index (χ0v) is 13.5. The normalized spacial score (nSPS) is 21.2. The summed E-state index contributed by atoms with van der Waals surface area (Å²) in [5, 5.41) is 0. The van der Waals surface area contributed by atoms with Crippen LogP contribution in [0.4, 0.5) is 0 Å². The molecule has 0 aromatic heterocycles. The van der Waals surface area contributed by atoms with Crippen LogP contribution in [0.2, 0.25) is 0 Å². The molecule has 0 spiro atoms. The second-order valence-electron chi connectivity index (χ2n) is 6.42. The Morgan fingerprint density at radius 1 is 1.24 bits per heavy atom. The van der Waals surface area contributed by atoms with Gasteiger partial charge in [-0.25, -0.2) is 0 Å². The van der Waals surface area contributed by atoms with E-state index in [2.05, 4.69) is 32.9 Å². The lowest BCUT2D eigenvalue weighted by Crippen LogP contribution is -2.40. The van der Waals surface area contributed by atoms with Crippen molar-refractivity contribution in [3.63, 3.8) is 0 Å². The van der Waals surface area contributed by atoms with E-state index in [-0.39, 0.29) is 11.9 Å². The molecular formula is C18H28O3. The monoisotopic (exact) mass is 292 g/mol. The quantitative estimate of drug-likeness (QED) is 0.755. The van der Waals surface area contributed by atoms with Gasteiger partial charge >= 0.3 is 0 Å². The number of hydrogen-bond acceptors (Lipinski definition) is 3. The van der Waals surface area contributed by atoms with Crippen molar-refractivity contribution >= 4 is 0 Å². The van der Waals surface area contributed by atoms with Crippen LogP contribution in [0.5, 0.6) is 0 Å². The standard InChI is InChI=1S/C18H28O3/c1-15(13-19-14-16-9-5-4-6-10-16)18(2,3)21-17-11-7-8-12-20-17/h4-6,9-10,15,17H,7-8,11-14H2,1-3H3/t15-,17-/m0/s1. The molecule has 0 amide bonds. The highest BCUT2D eigenvalue weighted by Gasteiger charge is 2.31. The first-order valence-corrected chi connectivity index (χ1v) is 7.99. The molecule has 0 aliphatic carbocycles. The molecule has 1 heterocycles. The third-order valence-electron chi connectivity index (χ3n) is 4.24. The van der Waals surface area contributed by atoms with Crippen molar-refractivity contribution in [3.05, 3.63) is 35.9 Å². The predicted octanol–water partition coefficient (Wildman–Crippen LogP) is 4.16. The third kappa shape index (κ3) is 5.42. The van der Waals surface area contributed by atoms with E-state index in [1.54, 1.807) is 0 Å². The van der Waals surface area contributed by atoms with E-state index in [1.165, 1.54) is 12.0 Å². The van der Waals surface area contributed by atoms with Crippen LogP contribution in [0.25, 0.3) is 0 Å². The number of hydrogen-bond donors (Lipinski definition) is 0. The highest BCUT2D eigenvalue weighted by molar-refractivity contribution is 5.13. The first-order valence-electron chi connectivity index (χ1n) is 7.99. The molecule has 0 saturated carbocycles. The summed E-state index contributed by atoms with van der Waals surface area (Å²) < 4.78 is 17.7. The maximum absolute atomic E-state index is 6.14. The summed E-state index contributed by atoms with van der Waals surface area (Å²) in [7, 11) is 0. The summed E-state index contributed by atoms with van der Waals surface area (Å²) >= 11 is 0. The van der Waals surface area contributed by atoms with Gasteiger partial charge in [0.05, 0.1) is 18.8 Å². The lowest BCUT2D eigenvalue weighted by Gasteiger charge is -2.36. The maximum atomic E-state index is 6.14. The molecule has 0 unspecified atom stereocenters. The van der Waals surface area contributed by atoms with E-state index >= 15 is 0 Å². The Morgan fingerprint density at radius 2 is 2.00 bits per heavy atom. The molecule has 21 heavy (non-hydrogen) atoms. The summed E-state index contributed by atoms with van der Waals surface area (Å²) in [6.45, 7) is 8.59. The molecule has 3 nitrogen and oxygen atoms in total. The molecule has 1 fully saturated rings. The van der Waals surface area contributed by atoms with Gasteiger partial charge in [0, 0.05) is 12.5 Å². The molecule has 1 saturated heterocycles. The van der Waals surface area contributed by atoms with E-state index in [0.29, 0.717) is 19.1 Å². The molecule has 2 atom stereocenters. The minimum absolute atomic E-state index is 0.0506. The van der Waals surface area contributed by atoms with Gasteiger partial charge in [-0.3, -0.25) is 0 Å². The lowest BCUT2D eigenvalue weighted by atomic mass is 9.93. The van der Waals surface area contributed by atoms with Gasteiger partial charge in [-0.2, -0.15) is 0 Å². The number of benzene rings is 1. The van der Waals surface area contributed by atoms with E-state index in [4.69, 9.17) is 14.2 Å². The van der Waals surface area contributed by atoms with Crippen molar-refractivity contribution in [3.8, 4) is 0 Å². The van der Waals surface area contributed by atoms with Gasteiger partial charge in [-0.1, -0.05) is 37.3 Å². The van der Waals surface area contributed by atoms with Crippen molar-refractivity contribution < 1.29 is 14.2 Å². The first kappa shape index (κ1) is 16.5. The van der Waals surface area contributed by atoms with Crippen LogP contribution in [0.1, 0.15) is 45.6 Å². The van der Waals surface area contributed by atoms with Crippen molar-refractivity contribution in [2.75, 3.05) is 13.2 Å². The minimum Gasteiger partial charge on any atom is -0.376 e. The van der Waals surface area contributed by atoms with Crippen molar-refractivity contribution in [1.82, 2.24) is 0 Å². The largest absolute Gasteiger partial charge is 0.376 e. The molecule has 0 N–H and O–H groups in total. The number of rotatable bonds is 7. The van der Waals surface area contributed by atoms with Gasteiger partial charge in [-0.15, -0.1) is 0 Å². The molecule has 1 aliphatic rings. The first-order chi connectivity index (χ1) is 10.1. The fourth-order valence-electron chi connectivity index (χ4n) is 2.39. The second kappa shape index (κ2) is 7.92. The topological polar surface area (TPSA) is 27.7 Å². The summed E-state index contributed by atoms with van der Waals surface area (Å²) in [6.07, 6.45) is 3.29. The SMILES string of the molecule is C[C@@H](COCc1ccccc1)C(C)(C)O[C@H]1CCCCO1. The fourth-order valence-corrected chi connectivity index (χ4v) is 2.39. The molecular weight excluding hydrogens is 264 g/mol. The summed E-state index contributed by atoms with van der Waals surface area (Å²) in [5.74, 6) is 0.312. The lowest BCUT2D eigenvalue weighted by molar-refractivity contribution is -0.231. The van der Waals surface area contributed by atoms with Gasteiger partial charge in [0.25, 0.3) is 0 Å². The molecule has 118 valence electrons. The van der Waals surface area contributed by atoms with Gasteiger partial charge in [0.1, 0.15) is 0 Å². The molecule has 1 aromatic rings. The van der Waals surface area contributed by atoms with Crippen molar-refractivity contribution in [2.45, 2.75) is 58.5 Å². The molecule has 0 bridgehead atoms. The second-order valence-corrected chi connectivity index (χ2v) is 6.42. The van der Waals surface area contributed by atoms with Gasteiger partial charge in [0.15, 0.2) is 6.29 Å². The molecule has 2 rings (SSSR count). The van der Waals surface area contributed by atoms with E-state index in [0.717, 1.165) is 19.4 Å². The highest BCUT2D eigenvalue weighted by atomic mass is 16.7. The summed E-state index contributed by atoms with van der Waals surface area (Å²) in [6, 6.07) is 10.3. The van der Waals surface area contributed by atoms with Gasteiger partial charge in [-0.05, 0) is 38.7 Å². The number of ether oxygens (including phenoxy) is 3. The molecule has 3 heteroatoms. The molecule has 1 aliphatic heterocycles. The van der Waals surface area contributed by atoms with Crippen LogP contribution in [0.15, 0.2) is 30.3 Å². The zero-order valence-electron chi connectivity index (χ0n) is 13.5. The Bertz CT molecular complexity index is 396. The summed E-state index contributed by atoms with van der Waals surface area (Å²) in [4.78, 5) is 0. The Hall–Kier alpha value is -0.900. The Labute approximate surface area is 128 Å². The van der Waals surface area contributed by atoms with Crippen LogP contribution in [0, 0.1) is 5.92 Å². The molecule has 1 aromatic carbocycles. The van der Waals surface area contributed by atoms with E-state index in [9.17, 15) is 0 Å². The van der Waals surface area contributed by atoms with Crippen molar-refractivity contribution in [2.24, 2.45) is 5.92 Å². The van der Waals surface area contributed by atoms with E-state index in [1.807, 2.05) is 18.2 Å². The van der Waals surface area contributed by atoms with Crippen molar-refractivity contribution in [1.29, 1.82) is 0 Å². The highest BCUT2D eigenvalue weighted by Crippen LogP contribution is 2.27. The van der Waals surface area contributed by atoms with E-state index < -0.39 is 0 Å². The minimum atomic E-state index is -0.237. The Morgan fingerprint density at radius 3 is 2.67 bits per heavy atom. The van der Waals surface area contributed by atoms with Gasteiger partial charge in [0.2, 0.25) is 0 Å². The third-order valence-corrected chi connectivity index (χ3v) is 4.24. The fraction of sp³-hybridized carbons (Fsp3) is 0.667. The Balaban J connectivity index is 1.73. The predicted molar refractivity (Wildman–Crippen MR) is 84.0 cm³/mol. The average molecular weight is 292 g/mol. The maximum Gasteiger partial charge on any atom is 0.158 e. The van der Waals surface area contributed by atoms with Gasteiger partial charge < -0.3 is 14.2 Å². The van der Waals surface area contributed by atoms with Crippen LogP contribution < -0.4 is 0 Å². The smallest absolute Gasteiger partial charge is 0.158 e. The molecule has 0 radical (unpaired) electrons. The average Bonchev–Trinajstić information content (AvgIpc) is 2.49. The summed E-state index contributed by atoms with van der Waals surface area (Å²) in [5.41, 5.74) is 0.970. The van der Waals surface area contributed by atoms with Crippen LogP contribution in [-0.2, 0) is 20.8 Å². The van der Waals surface area contributed by atoms with Crippen LogP contribution in [-0.4, -0.2) is 25.1 Å². The zero-order chi connectivity index (χ0) is 15.1. The van der Waals surface area contributed by atoms with Crippen LogP contribution in [0.3, 0.4) is 0 Å².